The molecule has 0 aliphatic rings. The van der Waals surface area contributed by atoms with Crippen LogP contribution in [0.3, 0.4) is 0 Å². The molecule has 0 unspecified atom stereocenters. The average molecular weight is 280 g/mol. The van der Waals surface area contributed by atoms with Crippen molar-refractivity contribution in [1.29, 1.82) is 0 Å². The van der Waals surface area contributed by atoms with Gasteiger partial charge in [-0.05, 0) is 36.4 Å². The molecule has 1 aromatic heterocycles. The minimum atomic E-state index is -0.956. The van der Waals surface area contributed by atoms with E-state index in [9.17, 15) is 4.79 Å². The second kappa shape index (κ2) is 5.09. The van der Waals surface area contributed by atoms with Gasteiger partial charge in [-0.3, -0.25) is 0 Å². The second-order valence-electron chi connectivity index (χ2n) is 4.52. The molecule has 0 fully saturated rings. The first-order valence-corrected chi connectivity index (χ1v) is 6.25. The van der Waals surface area contributed by atoms with E-state index in [4.69, 9.17) is 10.8 Å². The number of nitrogens with zero attached hydrogens (tertiary/aromatic N) is 3. The number of hydrogen-bond donors (Lipinski definition) is 2. The van der Waals surface area contributed by atoms with Gasteiger partial charge in [-0.1, -0.05) is 17.3 Å². The molecule has 1 heterocycles. The van der Waals surface area contributed by atoms with Crippen molar-refractivity contribution in [1.82, 2.24) is 15.0 Å². The molecular weight excluding hydrogens is 268 g/mol. The average Bonchev–Trinajstić information content (AvgIpc) is 2.98. The van der Waals surface area contributed by atoms with Crippen LogP contribution in [0.5, 0.6) is 0 Å². The van der Waals surface area contributed by atoms with Crippen LogP contribution in [0.25, 0.3) is 16.9 Å². The van der Waals surface area contributed by atoms with Crippen molar-refractivity contribution >= 4 is 11.7 Å². The highest BCUT2D eigenvalue weighted by atomic mass is 16.4. The summed E-state index contributed by atoms with van der Waals surface area (Å²) < 4.78 is 1.59. The van der Waals surface area contributed by atoms with Crippen LogP contribution in [-0.2, 0) is 0 Å². The van der Waals surface area contributed by atoms with Crippen molar-refractivity contribution in [3.05, 3.63) is 60.3 Å². The Morgan fingerprint density at radius 1 is 1.05 bits per heavy atom. The zero-order valence-electron chi connectivity index (χ0n) is 11.0. The molecule has 0 amide bonds. The maximum absolute atomic E-state index is 10.8. The first-order valence-electron chi connectivity index (χ1n) is 6.25. The lowest BCUT2D eigenvalue weighted by molar-refractivity contribution is 0.0697. The Bertz CT molecular complexity index is 776. The molecule has 0 spiro atoms. The Morgan fingerprint density at radius 3 is 2.33 bits per heavy atom. The number of carboxylic acids is 1. The van der Waals surface area contributed by atoms with E-state index in [0.29, 0.717) is 5.69 Å². The zero-order valence-corrected chi connectivity index (χ0v) is 11.0. The maximum atomic E-state index is 10.8. The summed E-state index contributed by atoms with van der Waals surface area (Å²) in [7, 11) is 0. The third-order valence-corrected chi connectivity index (χ3v) is 3.08. The number of aromatic nitrogens is 3. The lowest BCUT2D eigenvalue weighted by Crippen LogP contribution is -1.98. The molecule has 21 heavy (non-hydrogen) atoms. The zero-order chi connectivity index (χ0) is 14.8. The number of hydrogen-bond acceptors (Lipinski definition) is 4. The number of anilines is 1. The molecule has 0 saturated carbocycles. The molecule has 0 aliphatic carbocycles. The van der Waals surface area contributed by atoms with Crippen LogP contribution in [0.15, 0.2) is 54.7 Å². The van der Waals surface area contributed by atoms with Crippen molar-refractivity contribution in [2.24, 2.45) is 0 Å². The van der Waals surface area contributed by atoms with Gasteiger partial charge in [0.1, 0.15) is 5.69 Å². The molecule has 0 aliphatic heterocycles. The summed E-state index contributed by atoms with van der Waals surface area (Å²) in [6.45, 7) is 0. The van der Waals surface area contributed by atoms with E-state index in [1.54, 1.807) is 35.1 Å². The molecule has 6 nitrogen and oxygen atoms in total. The monoisotopic (exact) mass is 280 g/mol. The van der Waals surface area contributed by atoms with Crippen molar-refractivity contribution in [3.8, 4) is 16.9 Å². The minimum Gasteiger partial charge on any atom is -0.478 e. The van der Waals surface area contributed by atoms with E-state index in [1.807, 2.05) is 12.1 Å². The summed E-state index contributed by atoms with van der Waals surface area (Å²) >= 11 is 0. The molecule has 2 aromatic carbocycles. The van der Waals surface area contributed by atoms with Crippen molar-refractivity contribution < 1.29 is 9.90 Å². The standard InChI is InChI=1S/C15H12N4O2/c16-12-5-1-10(2-6-12)14-9-19(18-17-14)13-7-3-11(4-8-13)15(20)21/h1-9H,16H2,(H,20,21). The number of nitrogen functional groups attached to an aromatic ring is 1. The number of nitrogens with two attached hydrogens (primary N) is 1. The molecule has 6 heteroatoms. The lowest BCUT2D eigenvalue weighted by atomic mass is 10.1. The number of rotatable bonds is 3. The fourth-order valence-electron chi connectivity index (χ4n) is 1.93. The van der Waals surface area contributed by atoms with Crippen LogP contribution >= 0.6 is 0 Å². The molecule has 0 saturated heterocycles. The second-order valence-corrected chi connectivity index (χ2v) is 4.52. The highest BCUT2D eigenvalue weighted by molar-refractivity contribution is 5.87. The Labute approximate surface area is 120 Å². The predicted molar refractivity (Wildman–Crippen MR) is 78.2 cm³/mol. The van der Waals surface area contributed by atoms with E-state index >= 15 is 0 Å². The number of aromatic carboxylic acids is 1. The quantitative estimate of drug-likeness (QED) is 0.717. The number of carboxylic acid groups (broad SMARTS) is 1. The molecule has 0 bridgehead atoms. The van der Waals surface area contributed by atoms with Crippen LogP contribution in [-0.4, -0.2) is 26.1 Å². The molecule has 104 valence electrons. The molecule has 0 atom stereocenters. The summed E-state index contributed by atoms with van der Waals surface area (Å²) in [6.07, 6.45) is 1.78. The van der Waals surface area contributed by atoms with Crippen LogP contribution < -0.4 is 5.73 Å². The fourth-order valence-corrected chi connectivity index (χ4v) is 1.93. The van der Waals surface area contributed by atoms with Crippen molar-refractivity contribution in [2.75, 3.05) is 5.73 Å². The van der Waals surface area contributed by atoms with Crippen molar-refractivity contribution in [3.63, 3.8) is 0 Å². The van der Waals surface area contributed by atoms with E-state index in [-0.39, 0.29) is 5.56 Å². The predicted octanol–water partition coefficient (Wildman–Crippen LogP) is 2.21. The third kappa shape index (κ3) is 2.59. The van der Waals surface area contributed by atoms with Gasteiger partial charge in [-0.25, -0.2) is 9.48 Å². The first kappa shape index (κ1) is 12.9. The number of benzene rings is 2. The first-order chi connectivity index (χ1) is 10.1. The van der Waals surface area contributed by atoms with Crippen LogP contribution in [0, 0.1) is 0 Å². The molecule has 3 rings (SSSR count). The summed E-state index contributed by atoms with van der Waals surface area (Å²) in [5.74, 6) is -0.956. The highest BCUT2D eigenvalue weighted by Crippen LogP contribution is 2.19. The van der Waals surface area contributed by atoms with Crippen LogP contribution in [0.2, 0.25) is 0 Å². The SMILES string of the molecule is Nc1ccc(-c2cn(-c3ccc(C(=O)O)cc3)nn2)cc1. The summed E-state index contributed by atoms with van der Waals surface area (Å²) in [4.78, 5) is 10.8. The highest BCUT2D eigenvalue weighted by Gasteiger charge is 2.07. The van der Waals surface area contributed by atoms with Crippen LogP contribution in [0.4, 0.5) is 5.69 Å². The summed E-state index contributed by atoms with van der Waals surface area (Å²) in [6, 6.07) is 13.8. The van der Waals surface area contributed by atoms with Crippen molar-refractivity contribution in [2.45, 2.75) is 0 Å². The van der Waals surface area contributed by atoms with E-state index in [1.165, 1.54) is 12.1 Å². The van der Waals surface area contributed by atoms with Gasteiger partial charge in [0.2, 0.25) is 0 Å². The van der Waals surface area contributed by atoms with Crippen LogP contribution in [0.1, 0.15) is 10.4 Å². The molecular formula is C15H12N4O2. The smallest absolute Gasteiger partial charge is 0.335 e. The van der Waals surface area contributed by atoms with Gasteiger partial charge in [-0.15, -0.1) is 5.10 Å². The molecule has 3 N–H and O–H groups in total. The fraction of sp³-hybridized carbons (Fsp3) is 0. The Kier molecular flexibility index (Phi) is 3.12. The van der Waals surface area contributed by atoms with Gasteiger partial charge in [0.15, 0.2) is 0 Å². The molecule has 3 aromatic rings. The minimum absolute atomic E-state index is 0.234. The number of carbonyl (C=O) groups is 1. The topological polar surface area (TPSA) is 94.0 Å². The van der Waals surface area contributed by atoms with E-state index in [0.717, 1.165) is 16.9 Å². The molecule has 0 radical (unpaired) electrons. The van der Waals surface area contributed by atoms with Gasteiger partial charge in [-0.2, -0.15) is 0 Å². The van der Waals surface area contributed by atoms with E-state index < -0.39 is 5.97 Å². The Balaban J connectivity index is 1.90. The lowest BCUT2D eigenvalue weighted by Gasteiger charge is -2.00. The maximum Gasteiger partial charge on any atom is 0.335 e. The van der Waals surface area contributed by atoms with E-state index in [2.05, 4.69) is 10.3 Å². The Hall–Kier alpha value is -3.15. The van der Waals surface area contributed by atoms with Gasteiger partial charge in [0.05, 0.1) is 17.4 Å². The summed E-state index contributed by atoms with van der Waals surface area (Å²) in [5, 5.41) is 17.0. The summed E-state index contributed by atoms with van der Waals surface area (Å²) in [5.41, 5.74) is 8.95. The normalized spacial score (nSPS) is 10.5. The van der Waals surface area contributed by atoms with Gasteiger partial charge >= 0.3 is 5.97 Å². The Morgan fingerprint density at radius 2 is 1.71 bits per heavy atom. The third-order valence-electron chi connectivity index (χ3n) is 3.08. The van der Waals surface area contributed by atoms with Gasteiger partial charge in [0, 0.05) is 11.3 Å². The van der Waals surface area contributed by atoms with Gasteiger partial charge < -0.3 is 10.8 Å². The largest absolute Gasteiger partial charge is 0.478 e. The van der Waals surface area contributed by atoms with Gasteiger partial charge in [0.25, 0.3) is 0 Å².